The number of carbonyl (C=O) groups excluding carboxylic acids is 5. The van der Waals surface area contributed by atoms with Gasteiger partial charge in [-0.25, -0.2) is 34.7 Å². The van der Waals surface area contributed by atoms with Crippen LogP contribution in [0.1, 0.15) is 234 Å². The summed E-state index contributed by atoms with van der Waals surface area (Å²) in [4.78, 5) is 120. The Kier molecular flexibility index (Phi) is 44.3. The normalized spacial score (nSPS) is 12.5. The lowest BCUT2D eigenvalue weighted by atomic mass is 9.89. The molecule has 8 rings (SSSR count). The zero-order chi connectivity index (χ0) is 85.7. The van der Waals surface area contributed by atoms with Gasteiger partial charge < -0.3 is 91.2 Å². The van der Waals surface area contributed by atoms with Gasteiger partial charge in [-0.3, -0.25) is 9.59 Å². The molecule has 30 nitrogen and oxygen atoms in total. The molecule has 0 radical (unpaired) electrons. The number of nitrogens with zero attached hydrogens (tertiary/aromatic N) is 12. The first kappa shape index (κ1) is 102. The molecule has 6 heterocycles. The molecule has 6 aromatic heterocycles. The van der Waals surface area contributed by atoms with E-state index < -0.39 is 11.5 Å². The number of anilines is 6. The summed E-state index contributed by atoms with van der Waals surface area (Å²) in [5.41, 5.74) is 16.0. The number of nitrogens with two attached hydrogens (primary N) is 2. The maximum absolute atomic E-state index is 13.0. The van der Waals surface area contributed by atoms with Crippen molar-refractivity contribution in [2.24, 2.45) is 5.73 Å². The summed E-state index contributed by atoms with van der Waals surface area (Å²) in [5.74, 6) is 4.55. The predicted molar refractivity (Wildman–Crippen MR) is 477 cm³/mol. The number of unbranched alkanes of at least 4 members (excludes halogenated alkanes) is 3. The Morgan fingerprint density at radius 1 is 0.449 bits per heavy atom. The molecule has 0 bridgehead atoms. The van der Waals surface area contributed by atoms with Crippen molar-refractivity contribution in [1.29, 1.82) is 0 Å². The lowest BCUT2D eigenvalue weighted by Crippen LogP contribution is -2.36. The van der Waals surface area contributed by atoms with E-state index >= 15 is 0 Å². The number of benzene rings is 2. The van der Waals surface area contributed by atoms with Crippen LogP contribution < -0.4 is 57.0 Å². The number of likely N-dealkylation sites (N-methyl/N-ethyl adjacent to an activating group) is 1. The Morgan fingerprint density at radius 2 is 0.788 bits per heavy atom. The highest BCUT2D eigenvalue weighted by molar-refractivity contribution is 6.01. The third-order valence-electron chi connectivity index (χ3n) is 19.6. The van der Waals surface area contributed by atoms with E-state index in [1.165, 1.54) is 12.3 Å². The summed E-state index contributed by atoms with van der Waals surface area (Å²) >= 11 is 0. The second-order valence-corrected chi connectivity index (χ2v) is 31.1. The first-order valence-corrected chi connectivity index (χ1v) is 40.1. The number of pyridine rings is 3. The number of aromatic nitrogens is 9. The SMILES string of the molecule is C.CCCC[C@](C)(CCC(C)=O)Nc1nc(N)nc2cc(C(=O)CCCN(C)C)cnc12.CCCC[C@](C)(CCC(C)=O)Nc1nc(NCc2ccc(OC)cc2OC)nc2cc(C(=O)CCCN(C)C)cnc12.CCCC[C@](C)(CCC(C)=O)Nc1nc(NCc2ccc(OC)cc2OC)nc2cc(C(=O)O)cnc12.CN(C)CCN.Cl. The molecular formula is C87H134ClN19O11. The molecule has 0 fully saturated rings. The van der Waals surface area contributed by atoms with Crippen LogP contribution in [-0.4, -0.2) is 213 Å². The van der Waals surface area contributed by atoms with Gasteiger partial charge >= 0.3 is 5.97 Å². The van der Waals surface area contributed by atoms with E-state index in [4.69, 9.17) is 45.4 Å². The Morgan fingerprint density at radius 3 is 1.09 bits per heavy atom. The molecule has 8 aromatic rings. The van der Waals surface area contributed by atoms with Crippen molar-refractivity contribution in [3.63, 3.8) is 0 Å². The van der Waals surface area contributed by atoms with Gasteiger partial charge in [-0.2, -0.15) is 15.0 Å². The maximum Gasteiger partial charge on any atom is 0.337 e. The van der Waals surface area contributed by atoms with Crippen molar-refractivity contribution in [2.45, 2.75) is 221 Å². The number of hydrogen-bond acceptors (Lipinski definition) is 29. The van der Waals surface area contributed by atoms with E-state index in [1.807, 2.05) is 72.6 Å². The van der Waals surface area contributed by atoms with E-state index in [2.05, 4.69) is 113 Å². The number of methoxy groups -OCH3 is 4. The van der Waals surface area contributed by atoms with Crippen LogP contribution >= 0.6 is 12.4 Å². The molecule has 0 aliphatic rings. The van der Waals surface area contributed by atoms with Gasteiger partial charge in [0.15, 0.2) is 29.0 Å². The zero-order valence-electron chi connectivity index (χ0n) is 72.6. The van der Waals surface area contributed by atoms with E-state index in [9.17, 15) is 33.9 Å². The third kappa shape index (κ3) is 34.4. The van der Waals surface area contributed by atoms with Gasteiger partial charge in [0.25, 0.3) is 0 Å². The summed E-state index contributed by atoms with van der Waals surface area (Å²) in [5, 5.41) is 26.6. The zero-order valence-corrected chi connectivity index (χ0v) is 73.4. The highest BCUT2D eigenvalue weighted by atomic mass is 35.5. The average Bonchev–Trinajstić information content (AvgIpc) is 0.787. The van der Waals surface area contributed by atoms with Crippen molar-refractivity contribution >= 4 is 116 Å². The van der Waals surface area contributed by atoms with E-state index in [-0.39, 0.29) is 71.3 Å². The van der Waals surface area contributed by atoms with Crippen molar-refractivity contribution in [1.82, 2.24) is 59.6 Å². The molecule has 0 amide bonds. The molecule has 0 saturated heterocycles. The van der Waals surface area contributed by atoms with Crippen LogP contribution in [0.25, 0.3) is 33.1 Å². The Hall–Kier alpha value is -10.1. The van der Waals surface area contributed by atoms with Crippen molar-refractivity contribution < 1.29 is 52.8 Å². The van der Waals surface area contributed by atoms with Gasteiger partial charge in [0.2, 0.25) is 17.8 Å². The van der Waals surface area contributed by atoms with Gasteiger partial charge in [-0.1, -0.05) is 66.7 Å². The number of aromatic carboxylic acids is 1. The number of rotatable bonds is 47. The monoisotopic (exact) mass is 1660 g/mol. The van der Waals surface area contributed by atoms with Gasteiger partial charge in [-0.15, -0.1) is 12.4 Å². The number of carbonyl (C=O) groups is 6. The van der Waals surface area contributed by atoms with Crippen molar-refractivity contribution in [2.75, 3.05) is 129 Å². The Bertz CT molecular complexity index is 4520. The number of nitrogen functional groups attached to an aromatic ring is 1. The quantitative estimate of drug-likeness (QED) is 0.0164. The van der Waals surface area contributed by atoms with E-state index in [0.717, 1.165) is 108 Å². The molecule has 0 unspecified atom stereocenters. The lowest BCUT2D eigenvalue weighted by molar-refractivity contribution is -0.118. The molecule has 3 atom stereocenters. The molecule has 118 heavy (non-hydrogen) atoms. The number of nitrogens with one attached hydrogen (secondary N) is 5. The summed E-state index contributed by atoms with van der Waals surface area (Å²) in [6.45, 7) is 21.7. The van der Waals surface area contributed by atoms with Crippen molar-refractivity contribution in [3.8, 4) is 23.0 Å². The third-order valence-corrected chi connectivity index (χ3v) is 19.6. The standard InChI is InChI=1S/C32H46N6O4.C27H35N5O5.C23H36N6O2.C4H12N2.CH4.ClH/c1-8-9-15-32(3,16-14-22(2)39)37-30-29-26(18-24(21-33-29)27(40)11-10-17-38(4)5)35-31(36-30)34-20-23-12-13-25(41-6)19-28(23)42-7;1-6-7-11-27(3,12-10-17(2)33)32-24-23-21(13-19(16-28-23)25(34)35)30-26(31-24)29-15-18-8-9-20(36-4)14-22(18)37-5;1-6-7-11-23(3,12-10-16(2)30)28-21-20-18(26-22(24)27-21)14-17(15-25-20)19(31)9-8-13-29(4)5;1-6(2)4-3-5;;/h12-13,18-19,21H,8-11,14-17,20H2,1-7H3,(H2,34,35,36,37);8-9,13-14,16H,6-7,10-12,15H2,1-5H3,(H,34,35)(H2,29,30,31,32);14-15H,6-13H2,1-5H3,(H3,24,26,27,28);3-5H2,1-2H3;1H4;1H/t32-;27-;23-;;;/m111.../s1. The van der Waals surface area contributed by atoms with Gasteiger partial charge in [0.05, 0.1) is 50.6 Å². The first-order chi connectivity index (χ1) is 55.1. The minimum Gasteiger partial charge on any atom is -0.497 e. The average molecular weight is 1660 g/mol. The summed E-state index contributed by atoms with van der Waals surface area (Å²) in [6.07, 6.45) is 19.1. The Balaban J connectivity index is 0.000000442. The number of ether oxygens (including phenoxy) is 4. The molecule has 10 N–H and O–H groups in total. The Labute approximate surface area is 704 Å². The summed E-state index contributed by atoms with van der Waals surface area (Å²) in [6, 6.07) is 16.2. The second kappa shape index (κ2) is 51.2. The summed E-state index contributed by atoms with van der Waals surface area (Å²) < 4.78 is 21.6. The molecule has 0 spiro atoms. The highest BCUT2D eigenvalue weighted by Crippen LogP contribution is 2.35. The van der Waals surface area contributed by atoms with Gasteiger partial charge in [-0.05, 0) is 191 Å². The largest absolute Gasteiger partial charge is 0.497 e. The number of carboxylic acids is 1. The predicted octanol–water partition coefficient (Wildman–Crippen LogP) is 15.4. The van der Waals surface area contributed by atoms with E-state index in [1.54, 1.807) is 79.8 Å². The molecule has 2 aromatic carbocycles. The minimum absolute atomic E-state index is 0. The van der Waals surface area contributed by atoms with Crippen LogP contribution in [0.15, 0.2) is 73.2 Å². The van der Waals surface area contributed by atoms with Crippen LogP contribution in [0.2, 0.25) is 0 Å². The number of hydrogen-bond donors (Lipinski definition) is 8. The van der Waals surface area contributed by atoms with Gasteiger partial charge in [0.1, 0.15) is 56.9 Å². The topological polar surface area (TPSA) is 397 Å². The highest BCUT2D eigenvalue weighted by Gasteiger charge is 2.30. The fraction of sp³-hybridized carbons (Fsp3) is 0.552. The minimum atomic E-state index is -1.09. The smallest absolute Gasteiger partial charge is 0.337 e. The van der Waals surface area contributed by atoms with Crippen LogP contribution in [-0.2, 0) is 27.5 Å². The molecule has 650 valence electrons. The first-order valence-electron chi connectivity index (χ1n) is 40.1. The van der Waals surface area contributed by atoms with Crippen LogP contribution in [0, 0.1) is 0 Å². The summed E-state index contributed by atoms with van der Waals surface area (Å²) in [7, 11) is 18.4. The van der Waals surface area contributed by atoms with Crippen LogP contribution in [0.4, 0.5) is 35.3 Å². The maximum atomic E-state index is 13.0. The molecule has 0 aliphatic heterocycles. The second-order valence-electron chi connectivity index (χ2n) is 31.1. The molecule has 0 saturated carbocycles. The van der Waals surface area contributed by atoms with E-state index in [0.29, 0.717) is 161 Å². The molecule has 0 aliphatic carbocycles. The van der Waals surface area contributed by atoms with Crippen LogP contribution in [0.3, 0.4) is 0 Å². The van der Waals surface area contributed by atoms with Crippen molar-refractivity contribution in [3.05, 3.63) is 101 Å². The van der Waals surface area contributed by atoms with Crippen LogP contribution in [0.5, 0.6) is 23.0 Å². The number of halogens is 1. The van der Waals surface area contributed by atoms with Gasteiger partial charge in [0, 0.05) is 128 Å². The number of fused-ring (bicyclic) bond motifs is 3. The number of carboxylic acid groups (broad SMARTS) is 1. The number of Topliss-reactive ketones (excluding diaryl/α,β-unsaturated/α-hetero) is 5. The fourth-order valence-corrected chi connectivity index (χ4v) is 12.6. The lowest BCUT2D eigenvalue weighted by Gasteiger charge is -2.32. The molecular weight excluding hydrogens is 1520 g/mol. The number of ketones is 5. The fourth-order valence-electron chi connectivity index (χ4n) is 12.6. The molecule has 31 heteroatoms.